The predicted octanol–water partition coefficient (Wildman–Crippen LogP) is 3.73. The van der Waals surface area contributed by atoms with Gasteiger partial charge in [0.25, 0.3) is 0 Å². The fourth-order valence-electron chi connectivity index (χ4n) is 4.71. The lowest BCUT2D eigenvalue weighted by atomic mass is 9.76. The van der Waals surface area contributed by atoms with Gasteiger partial charge in [-0.2, -0.15) is 4.98 Å². The van der Waals surface area contributed by atoms with Crippen molar-refractivity contribution in [2.24, 2.45) is 0 Å². The summed E-state index contributed by atoms with van der Waals surface area (Å²) in [7, 11) is 0. The highest BCUT2D eigenvalue weighted by atomic mass is 32.2. The first kappa shape index (κ1) is 18.5. The third kappa shape index (κ3) is 3.09. The van der Waals surface area contributed by atoms with Crippen LogP contribution in [0.1, 0.15) is 39.0 Å². The van der Waals surface area contributed by atoms with E-state index in [1.54, 1.807) is 24.3 Å². The van der Waals surface area contributed by atoms with Crippen molar-refractivity contribution in [3.8, 4) is 0 Å². The molecule has 1 fully saturated rings. The highest BCUT2D eigenvalue weighted by Crippen LogP contribution is 2.44. The van der Waals surface area contributed by atoms with E-state index >= 15 is 0 Å². The maximum Gasteiger partial charge on any atom is 0.229 e. The first-order valence-corrected chi connectivity index (χ1v) is 11.1. The standard InChI is InChI=1S/C20H24N6O2S/c1-13-20(9-3-2-4-10-20)26-17(25-24-13)11-14-12-21-19(23-18(14)26)22-15-5-7-16(8-6-15)29(27)28/h5-8,11-13,24-25H,2-4,9-10H2,1H3,(H,27,28)(H,21,22,23). The fourth-order valence-corrected chi connectivity index (χ4v) is 5.08. The van der Waals surface area contributed by atoms with Gasteiger partial charge in [-0.1, -0.05) is 19.3 Å². The van der Waals surface area contributed by atoms with E-state index in [-0.39, 0.29) is 5.54 Å². The number of rotatable bonds is 3. The average molecular weight is 413 g/mol. The summed E-state index contributed by atoms with van der Waals surface area (Å²) in [5, 5.41) is 4.21. The Bertz CT molecular complexity index is 1070. The van der Waals surface area contributed by atoms with Crippen LogP contribution in [0.5, 0.6) is 0 Å². The Balaban J connectivity index is 1.54. The van der Waals surface area contributed by atoms with Crippen molar-refractivity contribution in [2.45, 2.75) is 55.5 Å². The van der Waals surface area contributed by atoms with Crippen molar-refractivity contribution in [2.75, 3.05) is 10.7 Å². The topological polar surface area (TPSA) is 104 Å². The smallest absolute Gasteiger partial charge is 0.229 e. The van der Waals surface area contributed by atoms with E-state index in [0.29, 0.717) is 16.9 Å². The third-order valence-electron chi connectivity index (χ3n) is 6.24. The minimum Gasteiger partial charge on any atom is -0.324 e. The first-order valence-electron chi connectivity index (χ1n) is 9.95. The summed E-state index contributed by atoms with van der Waals surface area (Å²) in [4.78, 5) is 9.67. The SMILES string of the molecule is CC1NNc2cc3cnc(Nc4ccc(S(=O)O)cc4)nc3n2C12CCCCC2. The molecule has 152 valence electrons. The number of hydrogen-bond donors (Lipinski definition) is 4. The van der Waals surface area contributed by atoms with Crippen LogP contribution in [0.3, 0.4) is 0 Å². The Morgan fingerprint density at radius 2 is 2.00 bits per heavy atom. The minimum absolute atomic E-state index is 0.0129. The van der Waals surface area contributed by atoms with Crippen LogP contribution in [0.2, 0.25) is 0 Å². The molecule has 2 atom stereocenters. The number of nitrogens with one attached hydrogen (secondary N) is 3. The second-order valence-electron chi connectivity index (χ2n) is 7.89. The van der Waals surface area contributed by atoms with Crippen LogP contribution in [0.4, 0.5) is 17.5 Å². The van der Waals surface area contributed by atoms with Crippen molar-refractivity contribution in [3.63, 3.8) is 0 Å². The third-order valence-corrected chi connectivity index (χ3v) is 6.92. The molecule has 1 aliphatic heterocycles. The van der Waals surface area contributed by atoms with Gasteiger partial charge in [-0.25, -0.2) is 14.6 Å². The zero-order valence-electron chi connectivity index (χ0n) is 16.2. The van der Waals surface area contributed by atoms with Crippen LogP contribution in [0.25, 0.3) is 11.0 Å². The summed E-state index contributed by atoms with van der Waals surface area (Å²) < 4.78 is 22.7. The molecule has 2 aromatic heterocycles. The molecule has 3 aromatic rings. The van der Waals surface area contributed by atoms with Gasteiger partial charge in [0.15, 0.2) is 11.1 Å². The number of aromatic nitrogens is 3. The average Bonchev–Trinajstić information content (AvgIpc) is 3.11. The lowest BCUT2D eigenvalue weighted by Crippen LogP contribution is -2.57. The quantitative estimate of drug-likeness (QED) is 0.486. The van der Waals surface area contributed by atoms with E-state index < -0.39 is 11.1 Å². The fraction of sp³-hybridized carbons (Fsp3) is 0.400. The Hall–Kier alpha value is -2.49. The highest BCUT2D eigenvalue weighted by molar-refractivity contribution is 7.79. The molecule has 0 amide bonds. The Labute approximate surface area is 171 Å². The zero-order chi connectivity index (χ0) is 20.0. The molecule has 0 bridgehead atoms. The van der Waals surface area contributed by atoms with Gasteiger partial charge in [0.2, 0.25) is 5.95 Å². The van der Waals surface area contributed by atoms with E-state index in [1.807, 2.05) is 6.20 Å². The molecule has 9 heteroatoms. The molecular weight excluding hydrogens is 388 g/mol. The molecule has 1 saturated carbocycles. The second kappa shape index (κ2) is 7.08. The molecule has 2 aliphatic rings. The normalized spacial score (nSPS) is 21.5. The molecule has 0 saturated heterocycles. The molecule has 1 spiro atoms. The molecule has 29 heavy (non-hydrogen) atoms. The number of benzene rings is 1. The van der Waals surface area contributed by atoms with Gasteiger partial charge in [-0.3, -0.25) is 0 Å². The molecule has 4 N–H and O–H groups in total. The molecule has 1 aliphatic carbocycles. The molecule has 3 heterocycles. The summed E-state index contributed by atoms with van der Waals surface area (Å²) >= 11 is -1.98. The molecule has 1 aromatic carbocycles. The van der Waals surface area contributed by atoms with E-state index in [2.05, 4.69) is 38.7 Å². The number of nitrogens with zero attached hydrogens (tertiary/aromatic N) is 3. The summed E-state index contributed by atoms with van der Waals surface area (Å²) in [5.74, 6) is 1.54. The van der Waals surface area contributed by atoms with E-state index in [0.717, 1.165) is 35.4 Å². The lowest BCUT2D eigenvalue weighted by molar-refractivity contribution is 0.137. The van der Waals surface area contributed by atoms with Crippen LogP contribution in [0.15, 0.2) is 41.4 Å². The van der Waals surface area contributed by atoms with Gasteiger partial charge >= 0.3 is 0 Å². The van der Waals surface area contributed by atoms with Crippen LogP contribution >= 0.6 is 0 Å². The lowest BCUT2D eigenvalue weighted by Gasteiger charge is -2.48. The Kier molecular flexibility index (Phi) is 4.53. The van der Waals surface area contributed by atoms with E-state index in [1.165, 1.54) is 19.3 Å². The van der Waals surface area contributed by atoms with Crippen molar-refractivity contribution in [3.05, 3.63) is 36.5 Å². The number of anilines is 3. The van der Waals surface area contributed by atoms with Crippen LogP contribution in [0, 0.1) is 0 Å². The summed E-state index contributed by atoms with van der Waals surface area (Å²) in [5.41, 5.74) is 8.49. The van der Waals surface area contributed by atoms with Gasteiger partial charge < -0.3 is 19.9 Å². The maximum atomic E-state index is 11.1. The Morgan fingerprint density at radius 3 is 2.72 bits per heavy atom. The van der Waals surface area contributed by atoms with E-state index in [4.69, 9.17) is 9.54 Å². The molecule has 5 rings (SSSR count). The first-order chi connectivity index (χ1) is 14.1. The van der Waals surface area contributed by atoms with Gasteiger partial charge in [-0.15, -0.1) is 0 Å². The Morgan fingerprint density at radius 1 is 1.24 bits per heavy atom. The molecular formula is C20H24N6O2S. The monoisotopic (exact) mass is 412 g/mol. The molecule has 2 unspecified atom stereocenters. The van der Waals surface area contributed by atoms with Gasteiger partial charge in [0.1, 0.15) is 11.5 Å². The summed E-state index contributed by atoms with van der Waals surface area (Å²) in [6, 6.07) is 9.12. The highest BCUT2D eigenvalue weighted by Gasteiger charge is 2.44. The summed E-state index contributed by atoms with van der Waals surface area (Å²) in [6.45, 7) is 2.24. The van der Waals surface area contributed by atoms with Gasteiger partial charge in [0, 0.05) is 23.3 Å². The van der Waals surface area contributed by atoms with Crippen molar-refractivity contribution < 1.29 is 8.76 Å². The predicted molar refractivity (Wildman–Crippen MR) is 114 cm³/mol. The largest absolute Gasteiger partial charge is 0.324 e. The minimum atomic E-state index is -1.98. The summed E-state index contributed by atoms with van der Waals surface area (Å²) in [6.07, 6.45) is 7.83. The maximum absolute atomic E-state index is 11.1. The number of hydrogen-bond acceptors (Lipinski definition) is 6. The van der Waals surface area contributed by atoms with Crippen LogP contribution < -0.4 is 16.2 Å². The van der Waals surface area contributed by atoms with Crippen molar-refractivity contribution >= 4 is 39.6 Å². The number of hydrazine groups is 1. The van der Waals surface area contributed by atoms with Crippen LogP contribution in [-0.4, -0.2) is 29.3 Å². The van der Waals surface area contributed by atoms with Gasteiger partial charge in [0.05, 0.1) is 10.4 Å². The number of fused-ring (bicyclic) bond motifs is 4. The van der Waals surface area contributed by atoms with Crippen molar-refractivity contribution in [1.82, 2.24) is 20.0 Å². The molecule has 0 radical (unpaired) electrons. The van der Waals surface area contributed by atoms with Crippen molar-refractivity contribution in [1.29, 1.82) is 0 Å². The van der Waals surface area contributed by atoms with Crippen LogP contribution in [-0.2, 0) is 16.6 Å². The second-order valence-corrected chi connectivity index (χ2v) is 8.86. The zero-order valence-corrected chi connectivity index (χ0v) is 17.0. The van der Waals surface area contributed by atoms with E-state index in [9.17, 15) is 4.21 Å². The molecule has 8 nitrogen and oxygen atoms in total. The van der Waals surface area contributed by atoms with Gasteiger partial charge in [-0.05, 0) is 50.1 Å².